The third kappa shape index (κ3) is 13.8. The first-order chi connectivity index (χ1) is 14.5. The first-order valence-corrected chi connectivity index (χ1v) is 12.6. The molecule has 0 bridgehead atoms. The Morgan fingerprint density at radius 2 is 1.50 bits per heavy atom. The lowest BCUT2D eigenvalue weighted by Gasteiger charge is -2.05. The minimum Gasteiger partial charge on any atom is -0.330 e. The van der Waals surface area contributed by atoms with Gasteiger partial charge >= 0.3 is 0 Å². The molecule has 1 heteroatoms. The van der Waals surface area contributed by atoms with E-state index in [4.69, 9.17) is 5.73 Å². The number of rotatable bonds is 6. The Morgan fingerprint density at radius 3 is 1.80 bits per heavy atom. The van der Waals surface area contributed by atoms with Gasteiger partial charge in [-0.25, -0.2) is 0 Å². The van der Waals surface area contributed by atoms with E-state index in [9.17, 15) is 0 Å². The molecule has 2 unspecified atom stereocenters. The summed E-state index contributed by atoms with van der Waals surface area (Å²) in [7, 11) is 0. The van der Waals surface area contributed by atoms with Crippen LogP contribution in [-0.4, -0.2) is 6.54 Å². The second kappa shape index (κ2) is 18.4. The number of benzene rings is 1. The van der Waals surface area contributed by atoms with Gasteiger partial charge in [-0.1, -0.05) is 115 Å². The molecule has 1 fully saturated rings. The fourth-order valence-corrected chi connectivity index (χ4v) is 3.14. The van der Waals surface area contributed by atoms with E-state index in [1.54, 1.807) is 5.57 Å². The van der Waals surface area contributed by atoms with Gasteiger partial charge in [-0.15, -0.1) is 0 Å². The summed E-state index contributed by atoms with van der Waals surface area (Å²) in [6.07, 6.45) is 17.2. The van der Waals surface area contributed by atoms with E-state index in [0.717, 1.165) is 30.7 Å². The van der Waals surface area contributed by atoms with Crippen LogP contribution in [0.2, 0.25) is 0 Å². The molecular weight excluding hydrogens is 362 g/mol. The standard InChI is InChI=1S/C10H14.C9H12.C6H15N.C4H10/c1-8-7-10(8)9-5-3-2-4-6-9;1-3-9-6-4-8(2)5-7-9;1-3-6(4-2)5-7;1-3-4-2/h3,5-6,8,10H,2,4,7H2,1H3;4-7H,3H2,1-2H3;6H,3-5,7H2,1-2H3;3-4H2,1-2H3. The molecule has 0 spiro atoms. The lowest BCUT2D eigenvalue weighted by Crippen LogP contribution is -2.11. The highest BCUT2D eigenvalue weighted by Crippen LogP contribution is 2.44. The molecule has 1 nitrogen and oxygen atoms in total. The first kappa shape index (κ1) is 28.7. The van der Waals surface area contributed by atoms with E-state index in [2.05, 4.69) is 91.0 Å². The van der Waals surface area contributed by atoms with E-state index in [1.807, 2.05) is 0 Å². The Bertz CT molecular complexity index is 555. The Balaban J connectivity index is 0.000000393. The highest BCUT2D eigenvalue weighted by molar-refractivity contribution is 5.29. The van der Waals surface area contributed by atoms with Crippen molar-refractivity contribution in [2.45, 2.75) is 99.8 Å². The molecule has 172 valence electrons. The lowest BCUT2D eigenvalue weighted by molar-refractivity contribution is 0.505. The minimum atomic E-state index is 0.764. The molecule has 1 saturated carbocycles. The van der Waals surface area contributed by atoms with Gasteiger partial charge < -0.3 is 5.73 Å². The predicted octanol–water partition coefficient (Wildman–Crippen LogP) is 8.66. The highest BCUT2D eigenvalue weighted by Gasteiger charge is 2.34. The smallest absolute Gasteiger partial charge is 0.00491 e. The Labute approximate surface area is 189 Å². The van der Waals surface area contributed by atoms with Crippen LogP contribution in [0, 0.1) is 24.7 Å². The fourth-order valence-electron chi connectivity index (χ4n) is 3.14. The van der Waals surface area contributed by atoms with Gasteiger partial charge in [0.1, 0.15) is 0 Å². The minimum absolute atomic E-state index is 0.764. The largest absolute Gasteiger partial charge is 0.330 e. The van der Waals surface area contributed by atoms with Crippen molar-refractivity contribution in [3.63, 3.8) is 0 Å². The Kier molecular flexibility index (Phi) is 17.6. The molecule has 0 radical (unpaired) electrons. The summed E-state index contributed by atoms with van der Waals surface area (Å²) in [5.41, 5.74) is 9.76. The maximum atomic E-state index is 5.39. The van der Waals surface area contributed by atoms with Crippen LogP contribution in [0.25, 0.3) is 0 Å². The molecule has 0 aliphatic heterocycles. The van der Waals surface area contributed by atoms with E-state index in [1.165, 1.54) is 56.1 Å². The zero-order valence-electron chi connectivity index (χ0n) is 21.2. The summed E-state index contributed by atoms with van der Waals surface area (Å²) in [4.78, 5) is 0. The van der Waals surface area contributed by atoms with Crippen molar-refractivity contribution in [1.82, 2.24) is 0 Å². The van der Waals surface area contributed by atoms with Crippen LogP contribution in [0.15, 0.2) is 48.1 Å². The highest BCUT2D eigenvalue weighted by atomic mass is 14.5. The predicted molar refractivity (Wildman–Crippen MR) is 138 cm³/mol. The van der Waals surface area contributed by atoms with Crippen molar-refractivity contribution in [1.29, 1.82) is 0 Å². The van der Waals surface area contributed by atoms with Crippen LogP contribution in [0.1, 0.15) is 97.6 Å². The maximum Gasteiger partial charge on any atom is -0.00491 e. The van der Waals surface area contributed by atoms with Gasteiger partial charge in [0.15, 0.2) is 0 Å². The van der Waals surface area contributed by atoms with Crippen molar-refractivity contribution in [2.75, 3.05) is 6.54 Å². The van der Waals surface area contributed by atoms with Gasteiger partial charge in [0, 0.05) is 0 Å². The van der Waals surface area contributed by atoms with E-state index in [-0.39, 0.29) is 0 Å². The van der Waals surface area contributed by atoms with E-state index >= 15 is 0 Å². The normalized spacial score (nSPS) is 18.8. The first-order valence-electron chi connectivity index (χ1n) is 12.6. The Hall–Kier alpha value is -1.34. The molecule has 30 heavy (non-hydrogen) atoms. The van der Waals surface area contributed by atoms with Gasteiger partial charge in [-0.2, -0.15) is 0 Å². The average molecular weight is 414 g/mol. The van der Waals surface area contributed by atoms with Crippen molar-refractivity contribution >= 4 is 0 Å². The number of unbranched alkanes of at least 4 members (excludes halogenated alkanes) is 1. The fraction of sp³-hybridized carbons (Fsp3) is 0.655. The van der Waals surface area contributed by atoms with Crippen LogP contribution in [0.5, 0.6) is 0 Å². The average Bonchev–Trinajstić information content (AvgIpc) is 3.54. The SMILES string of the molecule is CC1CC1C1=CCCC=C1.CCC(CC)CN.CCCC.CCc1ccc(C)cc1. The summed E-state index contributed by atoms with van der Waals surface area (Å²) in [5.74, 6) is 2.66. The van der Waals surface area contributed by atoms with Crippen LogP contribution in [-0.2, 0) is 6.42 Å². The third-order valence-corrected chi connectivity index (χ3v) is 6.08. The van der Waals surface area contributed by atoms with Crippen LogP contribution in [0.3, 0.4) is 0 Å². The Morgan fingerprint density at radius 1 is 0.933 bits per heavy atom. The number of hydrogen-bond acceptors (Lipinski definition) is 1. The van der Waals surface area contributed by atoms with Crippen LogP contribution < -0.4 is 5.73 Å². The van der Waals surface area contributed by atoms with E-state index < -0.39 is 0 Å². The quantitative estimate of drug-likeness (QED) is 0.496. The number of nitrogens with two attached hydrogens (primary N) is 1. The second-order valence-electron chi connectivity index (χ2n) is 8.76. The van der Waals surface area contributed by atoms with E-state index in [0.29, 0.717) is 0 Å². The molecule has 0 amide bonds. The molecule has 2 atom stereocenters. The zero-order valence-corrected chi connectivity index (χ0v) is 21.2. The molecule has 2 N–H and O–H groups in total. The van der Waals surface area contributed by atoms with Crippen LogP contribution >= 0.6 is 0 Å². The lowest BCUT2D eigenvalue weighted by atomic mass is 10.0. The summed E-state index contributed by atoms with van der Waals surface area (Å²) >= 11 is 0. The summed E-state index contributed by atoms with van der Waals surface area (Å²) < 4.78 is 0. The van der Waals surface area contributed by atoms with Crippen LogP contribution in [0.4, 0.5) is 0 Å². The molecular formula is C29H51N. The molecule has 0 aromatic heterocycles. The molecule has 0 saturated heterocycles. The van der Waals surface area contributed by atoms with Crippen molar-refractivity contribution in [3.05, 3.63) is 59.2 Å². The number of allylic oxidation sites excluding steroid dienone is 4. The maximum absolute atomic E-state index is 5.39. The summed E-state index contributed by atoms with van der Waals surface area (Å²) in [6, 6.07) is 8.66. The number of hydrogen-bond donors (Lipinski definition) is 1. The van der Waals surface area contributed by atoms with Gasteiger partial charge in [0.05, 0.1) is 0 Å². The van der Waals surface area contributed by atoms with Crippen molar-refractivity contribution in [2.24, 2.45) is 23.5 Å². The number of aryl methyl sites for hydroxylation is 2. The summed E-state index contributed by atoms with van der Waals surface area (Å²) in [6.45, 7) is 16.2. The second-order valence-corrected chi connectivity index (χ2v) is 8.76. The molecule has 2 aliphatic rings. The summed E-state index contributed by atoms with van der Waals surface area (Å²) in [5, 5.41) is 0. The van der Waals surface area contributed by atoms with Gasteiger partial charge in [0.2, 0.25) is 0 Å². The molecule has 3 rings (SSSR count). The van der Waals surface area contributed by atoms with Gasteiger partial charge in [0.25, 0.3) is 0 Å². The molecule has 0 heterocycles. The molecule has 1 aromatic carbocycles. The topological polar surface area (TPSA) is 26.0 Å². The van der Waals surface area contributed by atoms with Gasteiger partial charge in [-0.3, -0.25) is 0 Å². The van der Waals surface area contributed by atoms with Crippen molar-refractivity contribution in [3.8, 4) is 0 Å². The molecule has 2 aliphatic carbocycles. The third-order valence-electron chi connectivity index (χ3n) is 6.08. The molecule has 1 aromatic rings. The monoisotopic (exact) mass is 413 g/mol. The van der Waals surface area contributed by atoms with Crippen molar-refractivity contribution < 1.29 is 0 Å². The zero-order chi connectivity index (χ0) is 22.8. The van der Waals surface area contributed by atoms with Gasteiger partial charge in [-0.05, 0) is 68.0 Å².